The molecule has 0 bridgehead atoms. The van der Waals surface area contributed by atoms with Gasteiger partial charge in [-0.2, -0.15) is 0 Å². The third-order valence-corrected chi connectivity index (χ3v) is 6.31. The molecule has 0 aliphatic heterocycles. The molecule has 0 aromatic heterocycles. The number of amides is 2. The first-order valence-electron chi connectivity index (χ1n) is 11.1. The molecule has 0 radical (unpaired) electrons. The van der Waals surface area contributed by atoms with Gasteiger partial charge >= 0.3 is 12.1 Å². The van der Waals surface area contributed by atoms with Crippen LogP contribution < -0.4 is 10.6 Å². The van der Waals surface area contributed by atoms with Crippen LogP contribution in [0, 0.1) is 11.8 Å². The molecular formula is C25H28N2O5. The van der Waals surface area contributed by atoms with Crippen molar-refractivity contribution in [2.45, 2.75) is 38.1 Å². The molecule has 0 spiro atoms. The van der Waals surface area contributed by atoms with Crippen LogP contribution in [-0.4, -0.2) is 42.3 Å². The van der Waals surface area contributed by atoms with E-state index in [9.17, 15) is 14.4 Å². The van der Waals surface area contributed by atoms with Crippen molar-refractivity contribution in [3.63, 3.8) is 0 Å². The second-order valence-corrected chi connectivity index (χ2v) is 8.50. The minimum Gasteiger partial charge on any atom is -0.481 e. The maximum Gasteiger partial charge on any atom is 0.407 e. The first kappa shape index (κ1) is 21.9. The van der Waals surface area contributed by atoms with Crippen molar-refractivity contribution in [2.24, 2.45) is 11.8 Å². The van der Waals surface area contributed by atoms with E-state index < -0.39 is 18.1 Å². The topological polar surface area (TPSA) is 105 Å². The van der Waals surface area contributed by atoms with E-state index in [0.29, 0.717) is 25.8 Å². The molecule has 1 saturated carbocycles. The average Bonchev–Trinajstić information content (AvgIpc) is 3.51. The van der Waals surface area contributed by atoms with Crippen LogP contribution in [0.5, 0.6) is 0 Å². The van der Waals surface area contributed by atoms with Gasteiger partial charge in [-0.1, -0.05) is 61.9 Å². The molecule has 2 aliphatic rings. The van der Waals surface area contributed by atoms with Gasteiger partial charge in [0.2, 0.25) is 5.91 Å². The molecule has 2 amide bonds. The highest BCUT2D eigenvalue weighted by atomic mass is 16.5. The summed E-state index contributed by atoms with van der Waals surface area (Å²) in [7, 11) is 0. The van der Waals surface area contributed by atoms with Crippen molar-refractivity contribution in [1.82, 2.24) is 10.6 Å². The number of ether oxygens (including phenoxy) is 1. The molecule has 0 heterocycles. The van der Waals surface area contributed by atoms with Gasteiger partial charge in [-0.3, -0.25) is 9.59 Å². The van der Waals surface area contributed by atoms with E-state index in [1.807, 2.05) is 31.2 Å². The molecule has 2 aromatic carbocycles. The first-order chi connectivity index (χ1) is 15.5. The number of benzene rings is 2. The van der Waals surface area contributed by atoms with E-state index in [4.69, 9.17) is 9.84 Å². The number of carboxylic acids is 1. The number of hydrogen-bond acceptors (Lipinski definition) is 4. The van der Waals surface area contributed by atoms with Crippen molar-refractivity contribution in [3.05, 3.63) is 59.7 Å². The molecule has 0 unspecified atom stereocenters. The van der Waals surface area contributed by atoms with Gasteiger partial charge in [0.1, 0.15) is 12.6 Å². The van der Waals surface area contributed by atoms with Crippen molar-refractivity contribution in [2.75, 3.05) is 13.2 Å². The van der Waals surface area contributed by atoms with Gasteiger partial charge in [0.15, 0.2) is 0 Å². The summed E-state index contributed by atoms with van der Waals surface area (Å²) in [5.74, 6) is -1.60. The third kappa shape index (κ3) is 4.61. The number of aliphatic carboxylic acids is 1. The van der Waals surface area contributed by atoms with Gasteiger partial charge in [0, 0.05) is 12.5 Å². The lowest BCUT2D eigenvalue weighted by molar-refractivity contribution is -0.139. The summed E-state index contributed by atoms with van der Waals surface area (Å²) in [6.45, 7) is 2.42. The molecule has 3 atom stereocenters. The highest BCUT2D eigenvalue weighted by molar-refractivity contribution is 5.86. The lowest BCUT2D eigenvalue weighted by Crippen LogP contribution is -2.47. The Morgan fingerprint density at radius 1 is 1.06 bits per heavy atom. The Kier molecular flexibility index (Phi) is 6.44. The first-order valence-corrected chi connectivity index (χ1v) is 11.1. The van der Waals surface area contributed by atoms with Crippen LogP contribution in [0.15, 0.2) is 48.5 Å². The van der Waals surface area contributed by atoms with Gasteiger partial charge in [-0.25, -0.2) is 4.79 Å². The number of nitrogens with one attached hydrogen (secondary N) is 2. The molecule has 7 nitrogen and oxygen atoms in total. The van der Waals surface area contributed by atoms with Crippen molar-refractivity contribution < 1.29 is 24.2 Å². The summed E-state index contributed by atoms with van der Waals surface area (Å²) in [5, 5.41) is 14.4. The second kappa shape index (κ2) is 9.42. The zero-order chi connectivity index (χ0) is 22.7. The second-order valence-electron chi connectivity index (χ2n) is 8.50. The number of alkyl carbamates (subject to hydrolysis) is 1. The third-order valence-electron chi connectivity index (χ3n) is 6.31. The maximum absolute atomic E-state index is 12.5. The van der Waals surface area contributed by atoms with Crippen LogP contribution in [0.2, 0.25) is 0 Å². The van der Waals surface area contributed by atoms with Gasteiger partial charge in [-0.15, -0.1) is 0 Å². The van der Waals surface area contributed by atoms with E-state index in [-0.39, 0.29) is 30.3 Å². The van der Waals surface area contributed by atoms with Crippen molar-refractivity contribution in [1.29, 1.82) is 0 Å². The van der Waals surface area contributed by atoms with E-state index in [0.717, 1.165) is 22.3 Å². The number of rotatable bonds is 9. The largest absolute Gasteiger partial charge is 0.481 e. The molecule has 3 N–H and O–H groups in total. The fourth-order valence-corrected chi connectivity index (χ4v) is 4.47. The summed E-state index contributed by atoms with van der Waals surface area (Å²) >= 11 is 0. The Morgan fingerprint density at radius 2 is 1.69 bits per heavy atom. The van der Waals surface area contributed by atoms with Gasteiger partial charge in [0.25, 0.3) is 0 Å². The molecule has 0 saturated heterocycles. The van der Waals surface area contributed by atoms with Crippen molar-refractivity contribution >= 4 is 18.0 Å². The van der Waals surface area contributed by atoms with Crippen LogP contribution in [0.3, 0.4) is 0 Å². The predicted molar refractivity (Wildman–Crippen MR) is 119 cm³/mol. The normalized spacial score (nSPS) is 19.4. The minimum atomic E-state index is -0.828. The molecule has 1 fully saturated rings. The van der Waals surface area contributed by atoms with Crippen LogP contribution >= 0.6 is 0 Å². The summed E-state index contributed by atoms with van der Waals surface area (Å²) in [6, 6.07) is 15.5. The predicted octanol–water partition coefficient (Wildman–Crippen LogP) is 3.53. The number of carboxylic acid groups (broad SMARTS) is 1. The molecule has 7 heteroatoms. The zero-order valence-electron chi connectivity index (χ0n) is 18.0. The minimum absolute atomic E-state index is 0.0341. The van der Waals surface area contributed by atoms with Crippen LogP contribution in [0.4, 0.5) is 4.79 Å². The van der Waals surface area contributed by atoms with E-state index in [2.05, 4.69) is 34.9 Å². The lowest BCUT2D eigenvalue weighted by Gasteiger charge is -2.19. The smallest absolute Gasteiger partial charge is 0.407 e. The van der Waals surface area contributed by atoms with Crippen LogP contribution in [0.25, 0.3) is 11.1 Å². The monoisotopic (exact) mass is 436 g/mol. The lowest BCUT2D eigenvalue weighted by atomic mass is 9.98. The number of carbonyl (C=O) groups excluding carboxylic acids is 2. The van der Waals surface area contributed by atoms with Crippen LogP contribution in [-0.2, 0) is 14.3 Å². The van der Waals surface area contributed by atoms with Gasteiger partial charge < -0.3 is 20.5 Å². The number of carbonyl (C=O) groups is 3. The Balaban J connectivity index is 1.33. The molecular weight excluding hydrogens is 408 g/mol. The molecule has 32 heavy (non-hydrogen) atoms. The fraction of sp³-hybridized carbons (Fsp3) is 0.400. The van der Waals surface area contributed by atoms with E-state index in [1.54, 1.807) is 0 Å². The SMILES string of the molecule is CCC[C@H](NC(=O)OCC1c2ccccc2-c2ccccc21)C(=O)NC[C@@H]1C[C@@H]1C(=O)O. The molecule has 4 rings (SSSR count). The summed E-state index contributed by atoms with van der Waals surface area (Å²) < 4.78 is 5.55. The highest BCUT2D eigenvalue weighted by Crippen LogP contribution is 2.44. The van der Waals surface area contributed by atoms with E-state index >= 15 is 0 Å². The zero-order valence-corrected chi connectivity index (χ0v) is 18.0. The van der Waals surface area contributed by atoms with E-state index in [1.165, 1.54) is 0 Å². The van der Waals surface area contributed by atoms with Crippen molar-refractivity contribution in [3.8, 4) is 11.1 Å². The Labute approximate surface area is 187 Å². The molecule has 2 aromatic rings. The standard InChI is InChI=1S/C25H28N2O5/c1-2-7-22(23(28)26-13-15-12-20(15)24(29)30)27-25(31)32-14-21-18-10-5-3-8-16(18)17-9-4-6-11-19(17)21/h3-6,8-11,15,20-22H,2,7,12-14H2,1H3,(H,26,28)(H,27,31)(H,29,30)/t15-,20-,22-/m0/s1. The molecule has 168 valence electrons. The fourth-order valence-electron chi connectivity index (χ4n) is 4.47. The molecule has 2 aliphatic carbocycles. The quantitative estimate of drug-likeness (QED) is 0.558. The van der Waals surface area contributed by atoms with Gasteiger partial charge in [-0.05, 0) is 41.0 Å². The van der Waals surface area contributed by atoms with Crippen LogP contribution in [0.1, 0.15) is 43.2 Å². The Morgan fingerprint density at radius 3 is 2.25 bits per heavy atom. The average molecular weight is 437 g/mol. The Hall–Kier alpha value is -3.35. The van der Waals surface area contributed by atoms with Gasteiger partial charge in [0.05, 0.1) is 5.92 Å². The summed E-state index contributed by atoms with van der Waals surface area (Å²) in [4.78, 5) is 36.0. The number of hydrogen-bond donors (Lipinski definition) is 3. The highest BCUT2D eigenvalue weighted by Gasteiger charge is 2.43. The Bertz CT molecular complexity index is 975. The summed E-state index contributed by atoms with van der Waals surface area (Å²) in [5.41, 5.74) is 4.56. The number of fused-ring (bicyclic) bond motifs is 3. The maximum atomic E-state index is 12.5. The summed E-state index contributed by atoms with van der Waals surface area (Å²) in [6.07, 6.45) is 1.13.